The second-order valence-electron chi connectivity index (χ2n) is 7.64. The lowest BCUT2D eigenvalue weighted by molar-refractivity contribution is -0.135. The molecule has 168 valence electrons. The lowest BCUT2D eigenvalue weighted by atomic mass is 10.00. The van der Waals surface area contributed by atoms with Crippen LogP contribution in [0.25, 0.3) is 0 Å². The Bertz CT molecular complexity index is 886. The van der Waals surface area contributed by atoms with Gasteiger partial charge in [0.05, 0.1) is 6.04 Å². The summed E-state index contributed by atoms with van der Waals surface area (Å²) in [6.07, 6.45) is 1.60. The van der Waals surface area contributed by atoms with Crippen molar-refractivity contribution in [3.8, 4) is 5.75 Å². The second kappa shape index (κ2) is 10.9. The van der Waals surface area contributed by atoms with E-state index in [0.29, 0.717) is 30.5 Å². The van der Waals surface area contributed by atoms with Gasteiger partial charge in [0.15, 0.2) is 0 Å². The maximum absolute atomic E-state index is 13.4. The molecular weight excluding hydrogens is 434 g/mol. The molecule has 0 saturated carbocycles. The maximum Gasteiger partial charge on any atom is 0.318 e. The van der Waals surface area contributed by atoms with Crippen LogP contribution in [0.5, 0.6) is 5.75 Å². The Hall–Kier alpha value is -2.25. The molecule has 1 aromatic heterocycles. The van der Waals surface area contributed by atoms with E-state index in [1.165, 1.54) is 4.88 Å². The Morgan fingerprint density at radius 2 is 2.03 bits per heavy atom. The largest absolute Gasteiger partial charge is 0.491 e. The molecule has 0 saturated heterocycles. The molecule has 1 aliphatic heterocycles. The zero-order valence-electron chi connectivity index (χ0n) is 18.3. The number of carbonyl (C=O) groups is 2. The summed E-state index contributed by atoms with van der Waals surface area (Å²) in [4.78, 5) is 30.7. The van der Waals surface area contributed by atoms with Gasteiger partial charge in [0.2, 0.25) is 5.91 Å². The number of ether oxygens (including phenoxy) is 1. The average Bonchev–Trinajstić information content (AvgIpc) is 3.25. The molecule has 1 N–H and O–H groups in total. The number of benzene rings is 1. The molecule has 1 aromatic carbocycles. The van der Waals surface area contributed by atoms with Crippen molar-refractivity contribution in [3.05, 3.63) is 51.2 Å². The average molecular weight is 464 g/mol. The van der Waals surface area contributed by atoms with Crippen molar-refractivity contribution in [2.24, 2.45) is 0 Å². The van der Waals surface area contributed by atoms with Crippen LogP contribution in [0, 0.1) is 0 Å². The molecule has 0 fully saturated rings. The SMILES string of the molecule is CCNC(=O)N(CC(=O)N1CCc2sccc2[C@@H]1COc1ccc(Cl)cc1)[C@@H](C)CC. The second-order valence-corrected chi connectivity index (χ2v) is 9.07. The van der Waals surface area contributed by atoms with Gasteiger partial charge in [-0.05, 0) is 68.0 Å². The van der Waals surface area contributed by atoms with Crippen molar-refractivity contribution in [1.29, 1.82) is 0 Å². The summed E-state index contributed by atoms with van der Waals surface area (Å²) in [5, 5.41) is 5.54. The number of fused-ring (bicyclic) bond motifs is 1. The Balaban J connectivity index is 1.77. The third kappa shape index (κ3) is 5.71. The van der Waals surface area contributed by atoms with Crippen molar-refractivity contribution in [2.45, 2.75) is 45.7 Å². The van der Waals surface area contributed by atoms with Gasteiger partial charge < -0.3 is 19.9 Å². The van der Waals surface area contributed by atoms with Gasteiger partial charge in [0.1, 0.15) is 18.9 Å². The number of urea groups is 1. The first-order valence-electron chi connectivity index (χ1n) is 10.7. The molecule has 0 aliphatic carbocycles. The first-order chi connectivity index (χ1) is 14.9. The van der Waals surface area contributed by atoms with Crippen molar-refractivity contribution < 1.29 is 14.3 Å². The molecule has 0 unspecified atom stereocenters. The van der Waals surface area contributed by atoms with Gasteiger partial charge in [-0.15, -0.1) is 11.3 Å². The highest BCUT2D eigenvalue weighted by Gasteiger charge is 2.34. The first kappa shape index (κ1) is 23.4. The molecule has 0 spiro atoms. The van der Waals surface area contributed by atoms with Crippen LogP contribution >= 0.6 is 22.9 Å². The Kier molecular flexibility index (Phi) is 8.21. The van der Waals surface area contributed by atoms with Crippen LogP contribution < -0.4 is 10.1 Å². The summed E-state index contributed by atoms with van der Waals surface area (Å²) >= 11 is 7.68. The van der Waals surface area contributed by atoms with Crippen LogP contribution in [0.15, 0.2) is 35.7 Å². The van der Waals surface area contributed by atoms with Crippen molar-refractivity contribution in [3.63, 3.8) is 0 Å². The van der Waals surface area contributed by atoms with Crippen molar-refractivity contribution >= 4 is 34.9 Å². The van der Waals surface area contributed by atoms with Gasteiger partial charge in [-0.2, -0.15) is 0 Å². The zero-order chi connectivity index (χ0) is 22.4. The predicted octanol–water partition coefficient (Wildman–Crippen LogP) is 4.74. The number of halogens is 1. The molecule has 8 heteroatoms. The van der Waals surface area contributed by atoms with Gasteiger partial charge >= 0.3 is 6.03 Å². The van der Waals surface area contributed by atoms with Crippen LogP contribution in [0.4, 0.5) is 4.79 Å². The van der Waals surface area contributed by atoms with E-state index in [0.717, 1.165) is 18.4 Å². The van der Waals surface area contributed by atoms with E-state index in [1.54, 1.807) is 28.4 Å². The van der Waals surface area contributed by atoms with Crippen LogP contribution in [-0.4, -0.2) is 54.0 Å². The third-order valence-corrected chi connectivity index (χ3v) is 6.90. The molecule has 0 radical (unpaired) electrons. The molecular formula is C23H30ClN3O3S. The van der Waals surface area contributed by atoms with E-state index in [1.807, 2.05) is 37.8 Å². The molecule has 1 aliphatic rings. The van der Waals surface area contributed by atoms with E-state index in [9.17, 15) is 9.59 Å². The van der Waals surface area contributed by atoms with E-state index in [2.05, 4.69) is 16.8 Å². The minimum atomic E-state index is -0.201. The van der Waals surface area contributed by atoms with E-state index < -0.39 is 0 Å². The fourth-order valence-corrected chi connectivity index (χ4v) is 4.77. The van der Waals surface area contributed by atoms with Gasteiger partial charge in [-0.3, -0.25) is 4.79 Å². The summed E-state index contributed by atoms with van der Waals surface area (Å²) in [5.41, 5.74) is 1.13. The third-order valence-electron chi connectivity index (χ3n) is 5.65. The number of carbonyl (C=O) groups excluding carboxylic acids is 2. The highest BCUT2D eigenvalue weighted by atomic mass is 35.5. The Morgan fingerprint density at radius 1 is 1.29 bits per heavy atom. The highest BCUT2D eigenvalue weighted by molar-refractivity contribution is 7.10. The summed E-state index contributed by atoms with van der Waals surface area (Å²) in [6.45, 7) is 7.41. The number of rotatable bonds is 8. The topological polar surface area (TPSA) is 61.9 Å². The lowest BCUT2D eigenvalue weighted by Crippen LogP contribution is -2.52. The van der Waals surface area contributed by atoms with Crippen LogP contribution in [-0.2, 0) is 11.2 Å². The fourth-order valence-electron chi connectivity index (χ4n) is 3.72. The summed E-state index contributed by atoms with van der Waals surface area (Å²) in [6, 6.07) is 8.88. The van der Waals surface area contributed by atoms with Gasteiger partial charge in [-0.1, -0.05) is 18.5 Å². The normalized spacial score (nSPS) is 16.4. The highest BCUT2D eigenvalue weighted by Crippen LogP contribution is 2.34. The lowest BCUT2D eigenvalue weighted by Gasteiger charge is -2.38. The number of nitrogens with one attached hydrogen (secondary N) is 1. The Morgan fingerprint density at radius 3 is 2.71 bits per heavy atom. The monoisotopic (exact) mass is 463 g/mol. The fraction of sp³-hybridized carbons (Fsp3) is 0.478. The molecule has 3 rings (SSSR count). The number of amides is 3. The van der Waals surface area contributed by atoms with E-state index in [-0.39, 0.29) is 30.6 Å². The number of hydrogen-bond acceptors (Lipinski definition) is 4. The molecule has 6 nitrogen and oxygen atoms in total. The minimum Gasteiger partial charge on any atom is -0.491 e. The quantitative estimate of drug-likeness (QED) is 0.615. The predicted molar refractivity (Wildman–Crippen MR) is 125 cm³/mol. The van der Waals surface area contributed by atoms with Gasteiger partial charge in [0.25, 0.3) is 0 Å². The first-order valence-corrected chi connectivity index (χ1v) is 12.0. The molecule has 2 atom stereocenters. The number of nitrogens with zero attached hydrogens (tertiary/aromatic N) is 2. The molecule has 31 heavy (non-hydrogen) atoms. The standard InChI is InChI=1S/C23H30ClN3O3S/c1-4-16(3)27(23(29)25-5-2)14-22(28)26-12-10-21-19(11-13-31-21)20(26)15-30-18-8-6-17(24)7-9-18/h6-9,11,13,16,20H,4-5,10,12,14-15H2,1-3H3,(H,25,29)/t16-,20-/m0/s1. The summed E-state index contributed by atoms with van der Waals surface area (Å²) in [5.74, 6) is 0.649. The molecule has 2 heterocycles. The zero-order valence-corrected chi connectivity index (χ0v) is 19.8. The maximum atomic E-state index is 13.4. The van der Waals surface area contributed by atoms with E-state index in [4.69, 9.17) is 16.3 Å². The smallest absolute Gasteiger partial charge is 0.318 e. The number of hydrogen-bond donors (Lipinski definition) is 1. The summed E-state index contributed by atoms with van der Waals surface area (Å²) < 4.78 is 6.03. The molecule has 3 amide bonds. The number of thiophene rings is 1. The van der Waals surface area contributed by atoms with Gasteiger partial charge in [-0.25, -0.2) is 4.79 Å². The Labute approximate surface area is 193 Å². The minimum absolute atomic E-state index is 0.0271. The van der Waals surface area contributed by atoms with Crippen molar-refractivity contribution in [2.75, 3.05) is 26.2 Å². The van der Waals surface area contributed by atoms with Gasteiger partial charge in [0, 0.05) is 29.0 Å². The van der Waals surface area contributed by atoms with Crippen molar-refractivity contribution in [1.82, 2.24) is 15.1 Å². The van der Waals surface area contributed by atoms with Crippen LogP contribution in [0.2, 0.25) is 5.02 Å². The van der Waals surface area contributed by atoms with Crippen LogP contribution in [0.1, 0.15) is 43.7 Å². The van der Waals surface area contributed by atoms with Crippen LogP contribution in [0.3, 0.4) is 0 Å². The summed E-state index contributed by atoms with van der Waals surface area (Å²) in [7, 11) is 0. The van der Waals surface area contributed by atoms with E-state index >= 15 is 0 Å². The molecule has 2 aromatic rings. The molecule has 0 bridgehead atoms.